The summed E-state index contributed by atoms with van der Waals surface area (Å²) in [5.41, 5.74) is 1.83. The Hall–Kier alpha value is -2.63. The van der Waals surface area contributed by atoms with Crippen LogP contribution in [0.1, 0.15) is 37.9 Å². The molecule has 0 atom stereocenters. The summed E-state index contributed by atoms with van der Waals surface area (Å²) in [6.45, 7) is 5.23. The Morgan fingerprint density at radius 2 is 1.83 bits per heavy atom. The third kappa shape index (κ3) is 5.92. The lowest BCUT2D eigenvalue weighted by atomic mass is 10.1. The fraction of sp³-hybridized carbons (Fsp3) is 0.478. The molecule has 0 unspecified atom stereocenters. The molecule has 2 aromatic rings. The summed E-state index contributed by atoms with van der Waals surface area (Å²) < 4.78 is 15.2. The summed E-state index contributed by atoms with van der Waals surface area (Å²) in [4.78, 5) is 29.6. The predicted octanol–water partition coefficient (Wildman–Crippen LogP) is 3.38. The second-order valence-electron chi connectivity index (χ2n) is 8.33. The van der Waals surface area contributed by atoms with Crippen LogP contribution >= 0.6 is 0 Å². The van der Waals surface area contributed by atoms with Gasteiger partial charge in [-0.2, -0.15) is 0 Å². The molecule has 3 rings (SSSR count). The second kappa shape index (κ2) is 9.25. The number of aryl methyl sites for hydroxylation is 1. The van der Waals surface area contributed by atoms with Gasteiger partial charge in [0.25, 0.3) is 0 Å². The molecular formula is C23H30FN3O2. The minimum Gasteiger partial charge on any atom is -0.353 e. The largest absolute Gasteiger partial charge is 0.353 e. The van der Waals surface area contributed by atoms with Gasteiger partial charge in [-0.05, 0) is 48.6 Å². The Morgan fingerprint density at radius 1 is 1.14 bits per heavy atom. The lowest BCUT2D eigenvalue weighted by molar-refractivity contribution is -0.141. The minimum atomic E-state index is -0.323. The van der Waals surface area contributed by atoms with E-state index >= 15 is 0 Å². The van der Waals surface area contributed by atoms with E-state index in [1.54, 1.807) is 17.0 Å². The number of halogens is 1. The average molecular weight is 400 g/mol. The Morgan fingerprint density at radius 3 is 2.38 bits per heavy atom. The molecule has 5 nitrogen and oxygen atoms in total. The van der Waals surface area contributed by atoms with E-state index in [-0.39, 0.29) is 42.6 Å². The van der Waals surface area contributed by atoms with Crippen molar-refractivity contribution >= 4 is 11.8 Å². The maximum absolute atomic E-state index is 13.1. The Balaban J connectivity index is 1.68. The molecule has 0 N–H and O–H groups in total. The van der Waals surface area contributed by atoms with Crippen molar-refractivity contribution in [1.29, 1.82) is 0 Å². The van der Waals surface area contributed by atoms with Gasteiger partial charge in [0, 0.05) is 31.5 Å². The maximum Gasteiger partial charge on any atom is 0.242 e. The third-order valence-corrected chi connectivity index (χ3v) is 5.22. The molecule has 0 radical (unpaired) electrons. The molecule has 1 aliphatic carbocycles. The van der Waals surface area contributed by atoms with Crippen molar-refractivity contribution in [1.82, 2.24) is 14.4 Å². The predicted molar refractivity (Wildman–Crippen MR) is 111 cm³/mol. The number of amides is 2. The standard InChI is InChI=1S/C23H30FN3O2/c1-17(2)14-26(22(28)13-18-6-8-19(24)9-7-18)16-23(29)27(20-10-11-20)15-21-5-4-12-25(21)3/h4-9,12,17,20H,10-11,13-16H2,1-3H3. The second-order valence-corrected chi connectivity index (χ2v) is 8.33. The van der Waals surface area contributed by atoms with E-state index in [9.17, 15) is 14.0 Å². The molecule has 0 aliphatic heterocycles. The molecule has 1 aromatic carbocycles. The van der Waals surface area contributed by atoms with Gasteiger partial charge in [0.2, 0.25) is 11.8 Å². The highest BCUT2D eigenvalue weighted by Crippen LogP contribution is 2.28. The zero-order valence-corrected chi connectivity index (χ0v) is 17.5. The van der Waals surface area contributed by atoms with Gasteiger partial charge in [-0.25, -0.2) is 4.39 Å². The van der Waals surface area contributed by atoms with Crippen molar-refractivity contribution in [3.8, 4) is 0 Å². The van der Waals surface area contributed by atoms with Crippen molar-refractivity contribution in [2.24, 2.45) is 13.0 Å². The zero-order valence-electron chi connectivity index (χ0n) is 17.5. The topological polar surface area (TPSA) is 45.6 Å². The van der Waals surface area contributed by atoms with Crippen LogP contribution in [-0.4, -0.2) is 45.3 Å². The number of benzene rings is 1. The highest BCUT2D eigenvalue weighted by atomic mass is 19.1. The van der Waals surface area contributed by atoms with E-state index in [1.807, 2.05) is 48.7 Å². The average Bonchev–Trinajstić information content (AvgIpc) is 3.42. The quantitative estimate of drug-likeness (QED) is 0.649. The first-order chi connectivity index (χ1) is 13.8. The summed E-state index contributed by atoms with van der Waals surface area (Å²) in [6.07, 6.45) is 4.18. The first-order valence-electron chi connectivity index (χ1n) is 10.3. The molecule has 1 heterocycles. The number of rotatable bonds is 9. The smallest absolute Gasteiger partial charge is 0.242 e. The third-order valence-electron chi connectivity index (χ3n) is 5.22. The SMILES string of the molecule is CC(C)CN(CC(=O)N(Cc1cccn1C)C1CC1)C(=O)Cc1ccc(F)cc1. The van der Waals surface area contributed by atoms with Crippen molar-refractivity contribution in [3.05, 3.63) is 59.7 Å². The number of carbonyl (C=O) groups is 2. The number of hydrogen-bond donors (Lipinski definition) is 0. The van der Waals surface area contributed by atoms with Crippen LogP contribution in [0, 0.1) is 11.7 Å². The molecular weight excluding hydrogens is 369 g/mol. The number of hydrogen-bond acceptors (Lipinski definition) is 2. The van der Waals surface area contributed by atoms with Gasteiger partial charge >= 0.3 is 0 Å². The Kier molecular flexibility index (Phi) is 6.72. The van der Waals surface area contributed by atoms with Crippen molar-refractivity contribution < 1.29 is 14.0 Å². The zero-order chi connectivity index (χ0) is 21.0. The number of aromatic nitrogens is 1. The first kappa shape index (κ1) is 21.1. The molecule has 1 fully saturated rings. The number of carbonyl (C=O) groups excluding carboxylic acids is 2. The monoisotopic (exact) mass is 399 g/mol. The van der Waals surface area contributed by atoms with Gasteiger partial charge in [-0.3, -0.25) is 9.59 Å². The van der Waals surface area contributed by atoms with Crippen LogP contribution in [0.15, 0.2) is 42.6 Å². The van der Waals surface area contributed by atoms with E-state index in [4.69, 9.17) is 0 Å². The Labute approximate surface area is 172 Å². The minimum absolute atomic E-state index is 0.0122. The summed E-state index contributed by atoms with van der Waals surface area (Å²) in [7, 11) is 1.97. The fourth-order valence-corrected chi connectivity index (χ4v) is 3.48. The molecule has 1 aliphatic rings. The van der Waals surface area contributed by atoms with Gasteiger partial charge in [0.15, 0.2) is 0 Å². The fourth-order valence-electron chi connectivity index (χ4n) is 3.48. The van der Waals surface area contributed by atoms with Crippen molar-refractivity contribution in [2.75, 3.05) is 13.1 Å². The summed E-state index contributed by atoms with van der Waals surface area (Å²) >= 11 is 0. The first-order valence-corrected chi connectivity index (χ1v) is 10.3. The van der Waals surface area contributed by atoms with Crippen LogP contribution in [0.5, 0.6) is 0 Å². The molecule has 1 saturated carbocycles. The van der Waals surface area contributed by atoms with E-state index in [1.165, 1.54) is 12.1 Å². The lowest BCUT2D eigenvalue weighted by Gasteiger charge is -2.29. The summed E-state index contributed by atoms with van der Waals surface area (Å²) in [5.74, 6) is -0.187. The summed E-state index contributed by atoms with van der Waals surface area (Å²) in [6, 6.07) is 10.2. The van der Waals surface area contributed by atoms with Gasteiger partial charge in [-0.15, -0.1) is 0 Å². The van der Waals surface area contributed by atoms with Crippen LogP contribution in [0.2, 0.25) is 0 Å². The Bertz CT molecular complexity index is 840. The van der Waals surface area contributed by atoms with Gasteiger partial charge in [0.1, 0.15) is 5.82 Å². The van der Waals surface area contributed by atoms with Crippen molar-refractivity contribution in [2.45, 2.75) is 45.7 Å². The molecule has 156 valence electrons. The molecule has 6 heteroatoms. The molecule has 0 spiro atoms. The molecule has 29 heavy (non-hydrogen) atoms. The highest BCUT2D eigenvalue weighted by Gasteiger charge is 2.34. The summed E-state index contributed by atoms with van der Waals surface area (Å²) in [5, 5.41) is 0. The molecule has 0 saturated heterocycles. The van der Waals surface area contributed by atoms with Gasteiger partial charge in [-0.1, -0.05) is 26.0 Å². The molecule has 0 bridgehead atoms. The van der Waals surface area contributed by atoms with Gasteiger partial charge < -0.3 is 14.4 Å². The van der Waals surface area contributed by atoms with E-state index < -0.39 is 0 Å². The molecule has 2 amide bonds. The highest BCUT2D eigenvalue weighted by molar-refractivity contribution is 5.86. The van der Waals surface area contributed by atoms with Crippen LogP contribution in [-0.2, 0) is 29.6 Å². The lowest BCUT2D eigenvalue weighted by Crippen LogP contribution is -2.45. The van der Waals surface area contributed by atoms with Crippen LogP contribution in [0.3, 0.4) is 0 Å². The molecule has 1 aromatic heterocycles. The van der Waals surface area contributed by atoms with Crippen LogP contribution in [0.25, 0.3) is 0 Å². The maximum atomic E-state index is 13.1. The van der Waals surface area contributed by atoms with Crippen molar-refractivity contribution in [3.63, 3.8) is 0 Å². The van der Waals surface area contributed by atoms with E-state index in [2.05, 4.69) is 0 Å². The van der Waals surface area contributed by atoms with Crippen LogP contribution in [0.4, 0.5) is 4.39 Å². The van der Waals surface area contributed by atoms with E-state index in [0.29, 0.717) is 13.1 Å². The number of nitrogens with zero attached hydrogens (tertiary/aromatic N) is 3. The van der Waals surface area contributed by atoms with Crippen LogP contribution < -0.4 is 0 Å². The van der Waals surface area contributed by atoms with Gasteiger partial charge in [0.05, 0.1) is 19.5 Å². The van der Waals surface area contributed by atoms with E-state index in [0.717, 1.165) is 24.1 Å². The normalized spacial score (nSPS) is 13.6.